The van der Waals surface area contributed by atoms with Gasteiger partial charge in [-0.15, -0.1) is 0 Å². The number of pyridine rings is 3. The number of aliphatic hydroxyl groups is 1. The molecular formula is C35H39N9O4. The van der Waals surface area contributed by atoms with Crippen LogP contribution in [0, 0.1) is 5.41 Å². The molecule has 48 heavy (non-hydrogen) atoms. The van der Waals surface area contributed by atoms with Gasteiger partial charge in [-0.05, 0) is 59.7 Å². The minimum atomic E-state index is -0.376. The molecule has 0 radical (unpaired) electrons. The number of rotatable bonds is 7. The standard InChI is InChI=1S/C35H39N9O4/c1-35(2)14-22-13-29-34(47)43(21-38-44(29)30(22)15-35)32-27(18-45)26(6-7-36-32)23-12-28(33(46)40(3)17-23)39-31-5-4-24(16-37-31)41-8-10-42(11-9-41)25-19-48-20-25/h4-7,12-13,16-17,21,25,45H,8-11,14-15,18-20H2,1-3H3,(H,37,39). The van der Waals surface area contributed by atoms with Gasteiger partial charge in [-0.2, -0.15) is 5.10 Å². The smallest absolute Gasteiger partial charge is 0.283 e. The molecule has 2 fully saturated rings. The monoisotopic (exact) mass is 649 g/mol. The molecule has 3 aliphatic rings. The summed E-state index contributed by atoms with van der Waals surface area (Å²) in [4.78, 5) is 40.9. The van der Waals surface area contributed by atoms with E-state index in [1.165, 1.54) is 15.5 Å². The van der Waals surface area contributed by atoms with E-state index in [1.54, 1.807) is 36.1 Å². The van der Waals surface area contributed by atoms with E-state index < -0.39 is 0 Å². The Hall–Kier alpha value is -4.85. The molecule has 0 spiro atoms. The number of anilines is 3. The van der Waals surface area contributed by atoms with E-state index in [-0.39, 0.29) is 23.1 Å². The fourth-order valence-corrected chi connectivity index (χ4v) is 7.31. The van der Waals surface area contributed by atoms with Crippen LogP contribution in [0.25, 0.3) is 22.5 Å². The van der Waals surface area contributed by atoms with Crippen LogP contribution >= 0.6 is 0 Å². The summed E-state index contributed by atoms with van der Waals surface area (Å²) >= 11 is 0. The molecule has 13 heteroatoms. The van der Waals surface area contributed by atoms with E-state index in [4.69, 9.17) is 4.74 Å². The minimum Gasteiger partial charge on any atom is -0.392 e. The van der Waals surface area contributed by atoms with Gasteiger partial charge in [0, 0.05) is 62.4 Å². The molecule has 0 saturated carbocycles. The maximum absolute atomic E-state index is 13.8. The minimum absolute atomic E-state index is 0.132. The number of nitrogens with one attached hydrogen (secondary N) is 1. The molecule has 5 aromatic rings. The zero-order valence-corrected chi connectivity index (χ0v) is 27.4. The van der Waals surface area contributed by atoms with E-state index in [0.717, 1.165) is 69.2 Å². The summed E-state index contributed by atoms with van der Waals surface area (Å²) in [7, 11) is 1.68. The fourth-order valence-electron chi connectivity index (χ4n) is 7.31. The lowest BCUT2D eigenvalue weighted by Gasteiger charge is -2.43. The first-order valence-electron chi connectivity index (χ1n) is 16.4. The van der Waals surface area contributed by atoms with Crippen LogP contribution in [0.1, 0.15) is 30.7 Å². The van der Waals surface area contributed by atoms with Gasteiger partial charge in [-0.1, -0.05) is 13.8 Å². The predicted octanol–water partition coefficient (Wildman–Crippen LogP) is 2.52. The van der Waals surface area contributed by atoms with Crippen molar-refractivity contribution in [2.24, 2.45) is 12.5 Å². The Morgan fingerprint density at radius 2 is 1.83 bits per heavy atom. The third-order valence-electron chi connectivity index (χ3n) is 9.94. The number of ether oxygens (including phenoxy) is 1. The van der Waals surface area contributed by atoms with Gasteiger partial charge in [0.25, 0.3) is 11.1 Å². The van der Waals surface area contributed by atoms with Crippen molar-refractivity contribution < 1.29 is 9.84 Å². The van der Waals surface area contributed by atoms with Gasteiger partial charge in [0.15, 0.2) is 0 Å². The molecule has 0 amide bonds. The van der Waals surface area contributed by atoms with Crippen molar-refractivity contribution in [2.45, 2.75) is 39.3 Å². The van der Waals surface area contributed by atoms with Crippen molar-refractivity contribution in [3.63, 3.8) is 0 Å². The Balaban J connectivity index is 1.07. The van der Waals surface area contributed by atoms with Crippen LogP contribution in [0.5, 0.6) is 0 Å². The largest absolute Gasteiger partial charge is 0.392 e. The Bertz CT molecular complexity index is 2140. The summed E-state index contributed by atoms with van der Waals surface area (Å²) in [5.41, 5.74) is 5.46. The number of fused-ring (bicyclic) bond motifs is 3. The van der Waals surface area contributed by atoms with Crippen LogP contribution in [0.3, 0.4) is 0 Å². The Morgan fingerprint density at radius 3 is 2.54 bits per heavy atom. The number of nitrogens with zero attached hydrogens (tertiary/aromatic N) is 8. The number of hydrogen-bond donors (Lipinski definition) is 2. The Labute approximate surface area is 277 Å². The van der Waals surface area contributed by atoms with Crippen LogP contribution in [0.15, 0.2) is 64.8 Å². The second kappa shape index (κ2) is 11.7. The lowest BCUT2D eigenvalue weighted by molar-refractivity contribution is -0.0660. The third-order valence-corrected chi connectivity index (χ3v) is 9.94. The lowest BCUT2D eigenvalue weighted by atomic mass is 9.90. The highest BCUT2D eigenvalue weighted by atomic mass is 16.5. The van der Waals surface area contributed by atoms with E-state index in [2.05, 4.69) is 44.0 Å². The molecule has 2 aliphatic heterocycles. The first kappa shape index (κ1) is 30.5. The molecular weight excluding hydrogens is 610 g/mol. The highest BCUT2D eigenvalue weighted by Gasteiger charge is 2.33. The number of piperazine rings is 1. The SMILES string of the molecule is Cn1cc(-c2ccnc(-n3cnn4c5c(cc4c3=O)CC(C)(C)C5)c2CO)cc(Nc2ccc(N3CCN(C4COC4)CC3)cn2)c1=O. The van der Waals surface area contributed by atoms with Crippen LogP contribution in [-0.2, 0) is 31.2 Å². The summed E-state index contributed by atoms with van der Waals surface area (Å²) < 4.78 is 9.97. The van der Waals surface area contributed by atoms with Crippen LogP contribution in [0.2, 0.25) is 0 Å². The third kappa shape index (κ3) is 5.27. The van der Waals surface area contributed by atoms with E-state index in [9.17, 15) is 14.7 Å². The van der Waals surface area contributed by atoms with Crippen LogP contribution in [-0.4, -0.2) is 84.2 Å². The second-order valence-electron chi connectivity index (χ2n) is 13.9. The number of aliphatic hydroxyl groups excluding tert-OH is 1. The van der Waals surface area contributed by atoms with Crippen LogP contribution < -0.4 is 21.3 Å². The normalized spacial score (nSPS) is 17.9. The average molecular weight is 650 g/mol. The number of aryl methyl sites for hydroxylation is 1. The van der Waals surface area contributed by atoms with Crippen LogP contribution in [0.4, 0.5) is 17.2 Å². The maximum atomic E-state index is 13.8. The fraction of sp³-hybridized carbons (Fsp3) is 0.400. The van der Waals surface area contributed by atoms with Gasteiger partial charge in [0.05, 0.1) is 37.7 Å². The van der Waals surface area contributed by atoms with Crippen molar-refractivity contribution in [3.05, 3.63) is 92.8 Å². The van der Waals surface area contributed by atoms with E-state index in [1.807, 2.05) is 24.4 Å². The maximum Gasteiger partial charge on any atom is 0.283 e. The summed E-state index contributed by atoms with van der Waals surface area (Å²) in [5, 5.41) is 18.4. The highest BCUT2D eigenvalue weighted by molar-refractivity contribution is 5.73. The topological polar surface area (TPSA) is 135 Å². The van der Waals surface area contributed by atoms with Gasteiger partial charge in [0.1, 0.15) is 29.2 Å². The quantitative estimate of drug-likeness (QED) is 0.271. The van der Waals surface area contributed by atoms with Crippen molar-refractivity contribution in [3.8, 4) is 16.9 Å². The van der Waals surface area contributed by atoms with Gasteiger partial charge < -0.3 is 24.6 Å². The summed E-state index contributed by atoms with van der Waals surface area (Å²) in [6, 6.07) is 9.89. The molecule has 5 aromatic heterocycles. The lowest BCUT2D eigenvalue weighted by Crippen LogP contribution is -2.56. The van der Waals surface area contributed by atoms with E-state index in [0.29, 0.717) is 45.6 Å². The van der Waals surface area contributed by atoms with Crippen molar-refractivity contribution >= 4 is 22.7 Å². The van der Waals surface area contributed by atoms with E-state index >= 15 is 0 Å². The van der Waals surface area contributed by atoms with Gasteiger partial charge in [-0.3, -0.25) is 14.5 Å². The summed E-state index contributed by atoms with van der Waals surface area (Å²) in [6.45, 7) is 9.56. The molecule has 0 aromatic carbocycles. The first-order chi connectivity index (χ1) is 23.2. The molecule has 0 bridgehead atoms. The zero-order valence-electron chi connectivity index (χ0n) is 27.4. The Kier molecular flexibility index (Phi) is 7.42. The van der Waals surface area contributed by atoms with Gasteiger partial charge >= 0.3 is 0 Å². The molecule has 2 N–H and O–H groups in total. The molecule has 0 unspecified atom stereocenters. The van der Waals surface area contributed by atoms with Crippen molar-refractivity contribution in [1.82, 2.24) is 33.6 Å². The molecule has 8 rings (SSSR count). The molecule has 13 nitrogen and oxygen atoms in total. The molecule has 248 valence electrons. The highest BCUT2D eigenvalue weighted by Crippen LogP contribution is 2.37. The number of hydrogen-bond acceptors (Lipinski definition) is 10. The Morgan fingerprint density at radius 1 is 1.02 bits per heavy atom. The first-order valence-corrected chi connectivity index (χ1v) is 16.4. The average Bonchev–Trinajstić information content (AvgIpc) is 3.55. The molecule has 2 saturated heterocycles. The predicted molar refractivity (Wildman–Crippen MR) is 182 cm³/mol. The molecule has 1 aliphatic carbocycles. The van der Waals surface area contributed by atoms with Gasteiger partial charge in [-0.25, -0.2) is 19.1 Å². The summed E-state index contributed by atoms with van der Waals surface area (Å²) in [5.74, 6) is 0.837. The summed E-state index contributed by atoms with van der Waals surface area (Å²) in [6.07, 6.45) is 8.34. The molecule has 0 atom stereocenters. The number of aromatic nitrogens is 6. The zero-order chi connectivity index (χ0) is 33.2. The van der Waals surface area contributed by atoms with Crippen molar-refractivity contribution in [2.75, 3.05) is 49.6 Å². The van der Waals surface area contributed by atoms with Gasteiger partial charge in [0.2, 0.25) is 0 Å². The molecule has 7 heterocycles. The second-order valence-corrected chi connectivity index (χ2v) is 13.9. The van der Waals surface area contributed by atoms with Crippen molar-refractivity contribution in [1.29, 1.82) is 0 Å².